The van der Waals surface area contributed by atoms with E-state index in [1.54, 1.807) is 7.11 Å². The van der Waals surface area contributed by atoms with Crippen LogP contribution in [-0.4, -0.2) is 24.1 Å². The number of aryl methyl sites for hydroxylation is 1. The van der Waals surface area contributed by atoms with Crippen molar-refractivity contribution >= 4 is 5.91 Å². The number of hydrogen-bond donors (Lipinski definition) is 1. The standard InChI is InChI=1S/C23H26N2O2/c1-27-21-13-7-12-20(17-21)22(25-15-5-6-16-25)18-23(26)24-14-8-11-19-9-3-2-4-10-19/h2-7,9-10,12-13,15-17,22H,8,11,14,18H2,1H3,(H,24,26)/t22-/m1/s1. The zero-order valence-corrected chi connectivity index (χ0v) is 15.7. The summed E-state index contributed by atoms with van der Waals surface area (Å²) < 4.78 is 7.41. The Morgan fingerprint density at radius 2 is 1.81 bits per heavy atom. The Morgan fingerprint density at radius 3 is 2.56 bits per heavy atom. The lowest BCUT2D eigenvalue weighted by molar-refractivity contribution is -0.121. The number of hydrogen-bond acceptors (Lipinski definition) is 2. The summed E-state index contributed by atoms with van der Waals surface area (Å²) in [6, 6.07) is 22.2. The van der Waals surface area contributed by atoms with Crippen LogP contribution in [0.25, 0.3) is 0 Å². The first-order chi connectivity index (χ1) is 13.3. The van der Waals surface area contributed by atoms with Crippen LogP contribution in [0.5, 0.6) is 5.75 Å². The van der Waals surface area contributed by atoms with Crippen LogP contribution in [0, 0.1) is 0 Å². The molecule has 1 amide bonds. The Labute approximate surface area is 160 Å². The quantitative estimate of drug-likeness (QED) is 0.579. The lowest BCUT2D eigenvalue weighted by Gasteiger charge is -2.20. The van der Waals surface area contributed by atoms with Crippen molar-refractivity contribution in [3.05, 3.63) is 90.3 Å². The molecule has 1 N–H and O–H groups in total. The number of benzene rings is 2. The molecule has 4 heteroatoms. The van der Waals surface area contributed by atoms with E-state index in [4.69, 9.17) is 4.74 Å². The monoisotopic (exact) mass is 362 g/mol. The van der Waals surface area contributed by atoms with Gasteiger partial charge in [0, 0.05) is 18.9 Å². The zero-order chi connectivity index (χ0) is 18.9. The van der Waals surface area contributed by atoms with E-state index in [0.717, 1.165) is 24.2 Å². The highest BCUT2D eigenvalue weighted by atomic mass is 16.5. The number of carbonyl (C=O) groups excluding carboxylic acids is 1. The molecular formula is C23H26N2O2. The largest absolute Gasteiger partial charge is 0.497 e. The van der Waals surface area contributed by atoms with Crippen molar-refractivity contribution in [1.29, 1.82) is 0 Å². The van der Waals surface area contributed by atoms with Gasteiger partial charge >= 0.3 is 0 Å². The van der Waals surface area contributed by atoms with Crippen LogP contribution in [0.15, 0.2) is 79.1 Å². The molecule has 0 bridgehead atoms. The Bertz CT molecular complexity index is 829. The molecule has 0 unspecified atom stereocenters. The molecule has 0 radical (unpaired) electrons. The fourth-order valence-electron chi connectivity index (χ4n) is 3.21. The molecule has 0 saturated heterocycles. The van der Waals surface area contributed by atoms with Gasteiger partial charge in [-0.3, -0.25) is 4.79 Å². The molecule has 1 atom stereocenters. The summed E-state index contributed by atoms with van der Waals surface area (Å²) in [5.74, 6) is 0.859. The highest BCUT2D eigenvalue weighted by Crippen LogP contribution is 2.25. The number of methoxy groups -OCH3 is 1. The molecule has 0 aliphatic heterocycles. The van der Waals surface area contributed by atoms with Crippen LogP contribution in [0.3, 0.4) is 0 Å². The van der Waals surface area contributed by atoms with E-state index < -0.39 is 0 Å². The molecule has 27 heavy (non-hydrogen) atoms. The van der Waals surface area contributed by atoms with Crippen molar-refractivity contribution in [3.8, 4) is 5.75 Å². The van der Waals surface area contributed by atoms with E-state index in [-0.39, 0.29) is 11.9 Å². The Balaban J connectivity index is 1.58. The van der Waals surface area contributed by atoms with Crippen molar-refractivity contribution in [2.45, 2.75) is 25.3 Å². The minimum atomic E-state index is -0.0516. The molecule has 1 heterocycles. The molecule has 0 aliphatic rings. The Kier molecular flexibility index (Phi) is 6.69. The maximum Gasteiger partial charge on any atom is 0.222 e. The summed E-state index contributed by atoms with van der Waals surface area (Å²) in [4.78, 5) is 12.5. The van der Waals surface area contributed by atoms with Gasteiger partial charge in [-0.1, -0.05) is 42.5 Å². The van der Waals surface area contributed by atoms with Gasteiger partial charge in [0.05, 0.1) is 19.6 Å². The molecule has 4 nitrogen and oxygen atoms in total. The lowest BCUT2D eigenvalue weighted by Crippen LogP contribution is -2.28. The minimum absolute atomic E-state index is 0.0516. The van der Waals surface area contributed by atoms with Crippen LogP contribution < -0.4 is 10.1 Å². The average molecular weight is 362 g/mol. The predicted octanol–water partition coefficient (Wildman–Crippen LogP) is 4.23. The van der Waals surface area contributed by atoms with Crippen LogP contribution in [0.2, 0.25) is 0 Å². The number of rotatable bonds is 9. The number of carbonyl (C=O) groups is 1. The van der Waals surface area contributed by atoms with Gasteiger partial charge < -0.3 is 14.6 Å². The summed E-state index contributed by atoms with van der Waals surface area (Å²) >= 11 is 0. The summed E-state index contributed by atoms with van der Waals surface area (Å²) in [5.41, 5.74) is 2.36. The maximum absolute atomic E-state index is 12.5. The van der Waals surface area contributed by atoms with E-state index in [0.29, 0.717) is 13.0 Å². The van der Waals surface area contributed by atoms with Crippen LogP contribution in [0.1, 0.15) is 30.0 Å². The molecule has 1 aromatic heterocycles. The molecular weight excluding hydrogens is 336 g/mol. The topological polar surface area (TPSA) is 43.3 Å². The zero-order valence-electron chi connectivity index (χ0n) is 15.7. The number of nitrogens with one attached hydrogen (secondary N) is 1. The van der Waals surface area contributed by atoms with Crippen molar-refractivity contribution in [2.75, 3.05) is 13.7 Å². The number of nitrogens with zero attached hydrogens (tertiary/aromatic N) is 1. The normalized spacial score (nSPS) is 11.7. The second-order valence-electron chi connectivity index (χ2n) is 6.57. The Morgan fingerprint density at radius 1 is 1.04 bits per heavy atom. The molecule has 0 aliphatic carbocycles. The molecule has 0 spiro atoms. The van der Waals surface area contributed by atoms with Gasteiger partial charge in [-0.05, 0) is 48.2 Å². The number of aromatic nitrogens is 1. The first-order valence-corrected chi connectivity index (χ1v) is 9.33. The van der Waals surface area contributed by atoms with Gasteiger partial charge in [0.15, 0.2) is 0 Å². The highest BCUT2D eigenvalue weighted by molar-refractivity contribution is 5.76. The van der Waals surface area contributed by atoms with E-state index in [1.165, 1.54) is 5.56 Å². The Hall–Kier alpha value is -3.01. The summed E-state index contributed by atoms with van der Waals surface area (Å²) in [6.07, 6.45) is 6.29. The van der Waals surface area contributed by atoms with Crippen molar-refractivity contribution in [2.24, 2.45) is 0 Å². The van der Waals surface area contributed by atoms with Gasteiger partial charge in [0.25, 0.3) is 0 Å². The third-order valence-corrected chi connectivity index (χ3v) is 4.65. The third-order valence-electron chi connectivity index (χ3n) is 4.65. The molecule has 2 aromatic carbocycles. The number of amides is 1. The molecule has 0 fully saturated rings. The van der Waals surface area contributed by atoms with Crippen molar-refractivity contribution in [3.63, 3.8) is 0 Å². The second kappa shape index (κ2) is 9.62. The van der Waals surface area contributed by atoms with Crippen LogP contribution >= 0.6 is 0 Å². The minimum Gasteiger partial charge on any atom is -0.497 e. The van der Waals surface area contributed by atoms with Crippen molar-refractivity contribution in [1.82, 2.24) is 9.88 Å². The average Bonchev–Trinajstić information content (AvgIpc) is 3.25. The lowest BCUT2D eigenvalue weighted by atomic mass is 10.0. The van der Waals surface area contributed by atoms with E-state index >= 15 is 0 Å². The van der Waals surface area contributed by atoms with Gasteiger partial charge in [-0.2, -0.15) is 0 Å². The molecule has 0 saturated carbocycles. The number of ether oxygens (including phenoxy) is 1. The highest BCUT2D eigenvalue weighted by Gasteiger charge is 2.17. The first-order valence-electron chi connectivity index (χ1n) is 9.33. The molecule has 3 rings (SSSR count). The van der Waals surface area contributed by atoms with Gasteiger partial charge in [0.2, 0.25) is 5.91 Å². The van der Waals surface area contributed by atoms with Gasteiger partial charge in [-0.15, -0.1) is 0 Å². The SMILES string of the molecule is COc1cccc([C@@H](CC(=O)NCCCc2ccccc2)n2cccc2)c1. The van der Waals surface area contributed by atoms with E-state index in [2.05, 4.69) is 22.0 Å². The molecule has 140 valence electrons. The summed E-state index contributed by atoms with van der Waals surface area (Å²) in [6.45, 7) is 0.685. The maximum atomic E-state index is 12.5. The van der Waals surface area contributed by atoms with Crippen LogP contribution in [0.4, 0.5) is 0 Å². The third kappa shape index (κ3) is 5.48. The fourth-order valence-corrected chi connectivity index (χ4v) is 3.21. The van der Waals surface area contributed by atoms with Gasteiger partial charge in [-0.25, -0.2) is 0 Å². The van der Waals surface area contributed by atoms with E-state index in [9.17, 15) is 4.79 Å². The molecule has 3 aromatic rings. The summed E-state index contributed by atoms with van der Waals surface area (Å²) in [5, 5.41) is 3.06. The van der Waals surface area contributed by atoms with Crippen molar-refractivity contribution < 1.29 is 9.53 Å². The predicted molar refractivity (Wildman–Crippen MR) is 108 cm³/mol. The first kappa shape index (κ1) is 18.8. The fraction of sp³-hybridized carbons (Fsp3) is 0.261. The smallest absolute Gasteiger partial charge is 0.222 e. The second-order valence-corrected chi connectivity index (χ2v) is 6.57. The van der Waals surface area contributed by atoms with Crippen LogP contribution in [-0.2, 0) is 11.2 Å². The summed E-state index contributed by atoms with van der Waals surface area (Å²) in [7, 11) is 1.66. The van der Waals surface area contributed by atoms with Gasteiger partial charge in [0.1, 0.15) is 5.75 Å². The van der Waals surface area contributed by atoms with E-state index in [1.807, 2.05) is 67.0 Å².